The van der Waals surface area contributed by atoms with Gasteiger partial charge in [0.1, 0.15) is 5.82 Å². The Balaban J connectivity index is 2.19. The highest BCUT2D eigenvalue weighted by atomic mass is 16.1. The summed E-state index contributed by atoms with van der Waals surface area (Å²) in [5.74, 6) is 1.37. The maximum absolute atomic E-state index is 12.7. The molecular formula is C18H29N3O. The molecule has 1 unspecified atom stereocenters. The lowest BCUT2D eigenvalue weighted by Crippen LogP contribution is -2.36. The summed E-state index contributed by atoms with van der Waals surface area (Å²) in [7, 11) is 0. The molecule has 0 aromatic rings. The van der Waals surface area contributed by atoms with Gasteiger partial charge in [-0.2, -0.15) is 0 Å². The Morgan fingerprint density at radius 2 is 1.86 bits per heavy atom. The van der Waals surface area contributed by atoms with E-state index in [1.54, 1.807) is 0 Å². The van der Waals surface area contributed by atoms with Crippen molar-refractivity contribution in [2.24, 2.45) is 10.9 Å². The van der Waals surface area contributed by atoms with Gasteiger partial charge < -0.3 is 10.6 Å². The van der Waals surface area contributed by atoms with Gasteiger partial charge in [-0.1, -0.05) is 5.57 Å². The molecule has 0 spiro atoms. The van der Waals surface area contributed by atoms with Gasteiger partial charge in [-0.15, -0.1) is 0 Å². The molecule has 0 aliphatic heterocycles. The smallest absolute Gasteiger partial charge is 0.251 e. The van der Waals surface area contributed by atoms with E-state index in [1.807, 2.05) is 20.8 Å². The Hall–Kier alpha value is -1.58. The Labute approximate surface area is 134 Å². The molecule has 0 aromatic heterocycles. The fourth-order valence-electron chi connectivity index (χ4n) is 2.73. The quantitative estimate of drug-likeness (QED) is 0.431. The average molecular weight is 303 g/mol. The van der Waals surface area contributed by atoms with Gasteiger partial charge in [-0.05, 0) is 72.9 Å². The monoisotopic (exact) mass is 303 g/mol. The molecule has 2 fully saturated rings. The van der Waals surface area contributed by atoms with Crippen LogP contribution in [0, 0.1) is 5.92 Å². The summed E-state index contributed by atoms with van der Waals surface area (Å²) in [6, 6.07) is 0.240. The predicted octanol–water partition coefficient (Wildman–Crippen LogP) is 3.31. The summed E-state index contributed by atoms with van der Waals surface area (Å²) in [4.78, 5) is 16.8. The fraction of sp³-hybridized carbons (Fsp3) is 0.667. The maximum Gasteiger partial charge on any atom is 0.251 e. The molecule has 22 heavy (non-hydrogen) atoms. The van der Waals surface area contributed by atoms with Crippen molar-refractivity contribution < 1.29 is 4.79 Å². The molecular weight excluding hydrogens is 274 g/mol. The predicted molar refractivity (Wildman–Crippen MR) is 91.7 cm³/mol. The van der Waals surface area contributed by atoms with Crippen molar-refractivity contribution in [3.8, 4) is 0 Å². The first-order valence-corrected chi connectivity index (χ1v) is 8.22. The van der Waals surface area contributed by atoms with Gasteiger partial charge in [0, 0.05) is 22.7 Å². The highest BCUT2D eigenvalue weighted by molar-refractivity contribution is 5.98. The largest absolute Gasteiger partial charge is 0.365 e. The molecule has 4 heteroatoms. The molecule has 2 saturated carbocycles. The van der Waals surface area contributed by atoms with Crippen LogP contribution in [-0.4, -0.2) is 24.2 Å². The van der Waals surface area contributed by atoms with Gasteiger partial charge in [0.2, 0.25) is 0 Å². The first kappa shape index (κ1) is 16.8. The van der Waals surface area contributed by atoms with Crippen LogP contribution in [0.25, 0.3) is 0 Å². The number of nitrogens with one attached hydrogen (secondary N) is 2. The number of hydrogen-bond acceptors (Lipinski definition) is 3. The molecule has 0 aromatic carbocycles. The second-order valence-corrected chi connectivity index (χ2v) is 7.29. The van der Waals surface area contributed by atoms with Crippen LogP contribution in [0.5, 0.6) is 0 Å². The second kappa shape index (κ2) is 6.27. The molecule has 122 valence electrons. The molecule has 1 amide bonds. The molecule has 2 aliphatic rings. The number of allylic oxidation sites excluding steroid dienone is 1. The zero-order valence-corrected chi connectivity index (χ0v) is 14.5. The zero-order chi connectivity index (χ0) is 16.5. The molecule has 2 rings (SSSR count). The Morgan fingerprint density at radius 1 is 1.27 bits per heavy atom. The third-order valence-electron chi connectivity index (χ3n) is 4.72. The van der Waals surface area contributed by atoms with Gasteiger partial charge in [-0.25, -0.2) is 4.99 Å². The van der Waals surface area contributed by atoms with E-state index in [1.165, 1.54) is 12.8 Å². The minimum atomic E-state index is 0.000741. The summed E-state index contributed by atoms with van der Waals surface area (Å²) in [6.45, 7) is 13.8. The topological polar surface area (TPSA) is 53.5 Å². The van der Waals surface area contributed by atoms with Crippen LogP contribution in [0.3, 0.4) is 0 Å². The van der Waals surface area contributed by atoms with Crippen LogP contribution in [0.2, 0.25) is 0 Å². The lowest BCUT2D eigenvalue weighted by molar-refractivity contribution is -0.118. The lowest BCUT2D eigenvalue weighted by Gasteiger charge is -2.20. The van der Waals surface area contributed by atoms with Gasteiger partial charge >= 0.3 is 0 Å². The van der Waals surface area contributed by atoms with Crippen molar-refractivity contribution in [1.82, 2.24) is 10.6 Å². The van der Waals surface area contributed by atoms with Crippen LogP contribution in [0.1, 0.15) is 60.3 Å². The average Bonchev–Trinajstić information content (AvgIpc) is 3.31. The molecule has 0 saturated heterocycles. The number of carbonyl (C=O) groups is 1. The minimum absolute atomic E-state index is 0.000741. The summed E-state index contributed by atoms with van der Waals surface area (Å²) < 4.78 is 0. The summed E-state index contributed by atoms with van der Waals surface area (Å²) in [5, 5.41) is 6.57. The number of aliphatic imine (C=N–C) groups is 1. The lowest BCUT2D eigenvalue weighted by atomic mass is 10.0. The van der Waals surface area contributed by atoms with E-state index in [-0.39, 0.29) is 17.5 Å². The van der Waals surface area contributed by atoms with Crippen molar-refractivity contribution in [2.75, 3.05) is 0 Å². The number of hydrogen-bond donors (Lipinski definition) is 2. The molecule has 2 aliphatic carbocycles. The minimum Gasteiger partial charge on any atom is -0.365 e. The number of nitrogens with zero attached hydrogens (tertiary/aromatic N) is 1. The van der Waals surface area contributed by atoms with Gasteiger partial charge in [0.05, 0.1) is 0 Å². The molecule has 2 N–H and O–H groups in total. The van der Waals surface area contributed by atoms with Crippen molar-refractivity contribution in [3.63, 3.8) is 0 Å². The van der Waals surface area contributed by atoms with Crippen LogP contribution < -0.4 is 10.6 Å². The fourth-order valence-corrected chi connectivity index (χ4v) is 2.73. The highest BCUT2D eigenvalue weighted by Crippen LogP contribution is 2.36. The second-order valence-electron chi connectivity index (χ2n) is 7.29. The van der Waals surface area contributed by atoms with E-state index in [9.17, 15) is 4.79 Å². The van der Waals surface area contributed by atoms with E-state index in [4.69, 9.17) is 0 Å². The Kier molecular flexibility index (Phi) is 4.78. The summed E-state index contributed by atoms with van der Waals surface area (Å²) >= 11 is 0. The highest BCUT2D eigenvalue weighted by Gasteiger charge is 2.38. The molecule has 4 nitrogen and oxygen atoms in total. The van der Waals surface area contributed by atoms with E-state index >= 15 is 0 Å². The normalized spacial score (nSPS) is 21.3. The van der Waals surface area contributed by atoms with Crippen molar-refractivity contribution in [1.29, 1.82) is 0 Å². The van der Waals surface area contributed by atoms with Crippen LogP contribution in [0.15, 0.2) is 27.5 Å². The van der Waals surface area contributed by atoms with E-state index in [0.717, 1.165) is 35.4 Å². The van der Waals surface area contributed by atoms with Crippen molar-refractivity contribution >= 4 is 12.6 Å². The number of amides is 1. The van der Waals surface area contributed by atoms with E-state index in [0.29, 0.717) is 5.92 Å². The van der Waals surface area contributed by atoms with Gasteiger partial charge in [0.25, 0.3) is 5.91 Å². The van der Waals surface area contributed by atoms with Crippen LogP contribution in [-0.2, 0) is 4.79 Å². The number of rotatable bonds is 7. The zero-order valence-electron chi connectivity index (χ0n) is 14.5. The summed E-state index contributed by atoms with van der Waals surface area (Å²) in [5.41, 5.74) is 2.72. The van der Waals surface area contributed by atoms with Gasteiger partial charge in [-0.3, -0.25) is 4.79 Å². The third kappa shape index (κ3) is 3.99. The standard InChI is InChI=1S/C18H29N3O/c1-11(2)15(17(22)20-13(4)14-7-8-14)12(3)16(19-6)21-18(5)9-10-18/h13-14,21H,6-10H2,1-5H3,(H,20,22)/b16-12-. The first-order valence-electron chi connectivity index (χ1n) is 8.22. The molecule has 1 atom stereocenters. The van der Waals surface area contributed by atoms with Gasteiger partial charge in [0.15, 0.2) is 0 Å². The van der Waals surface area contributed by atoms with E-state index < -0.39 is 0 Å². The molecule has 0 heterocycles. The first-order chi connectivity index (χ1) is 10.3. The van der Waals surface area contributed by atoms with Crippen molar-refractivity contribution in [2.45, 2.75) is 71.9 Å². The van der Waals surface area contributed by atoms with E-state index in [2.05, 4.69) is 36.2 Å². The third-order valence-corrected chi connectivity index (χ3v) is 4.72. The molecule has 0 bridgehead atoms. The van der Waals surface area contributed by atoms with Crippen LogP contribution >= 0.6 is 0 Å². The van der Waals surface area contributed by atoms with Crippen LogP contribution in [0.4, 0.5) is 0 Å². The maximum atomic E-state index is 12.7. The Morgan fingerprint density at radius 3 is 2.27 bits per heavy atom. The summed E-state index contributed by atoms with van der Waals surface area (Å²) in [6.07, 6.45) is 4.71. The molecule has 0 radical (unpaired) electrons. The number of carbonyl (C=O) groups excluding carboxylic acids is 1. The Bertz CT molecular complexity index is 533. The van der Waals surface area contributed by atoms with Crippen molar-refractivity contribution in [3.05, 3.63) is 22.5 Å². The SMILES string of the molecule is C=N/C(NC1(C)CC1)=C(\C)C(C(=O)NC(C)C1CC1)=C(C)C.